The van der Waals surface area contributed by atoms with Gasteiger partial charge in [-0.1, -0.05) is 24.3 Å². The molecule has 0 N–H and O–H groups in total. The molecule has 2 aromatic rings. The molecule has 1 saturated heterocycles. The number of likely N-dealkylation sites (tertiary alicyclic amines) is 1. The molecule has 2 aromatic carbocycles. The summed E-state index contributed by atoms with van der Waals surface area (Å²) in [6, 6.07) is 8.34. The van der Waals surface area contributed by atoms with Crippen LogP contribution in [0.15, 0.2) is 55.1 Å². The zero-order chi connectivity index (χ0) is 33.0. The van der Waals surface area contributed by atoms with Crippen LogP contribution in [0.3, 0.4) is 0 Å². The molecule has 2 aliphatic heterocycles. The van der Waals surface area contributed by atoms with Gasteiger partial charge < -0.3 is 23.8 Å². The number of carbonyl (C=O) groups excluding carboxylic acids is 3. The van der Waals surface area contributed by atoms with Gasteiger partial charge in [0, 0.05) is 45.6 Å². The van der Waals surface area contributed by atoms with Crippen LogP contribution in [-0.2, 0) is 31.0 Å². The second kappa shape index (κ2) is 11.5. The van der Waals surface area contributed by atoms with E-state index in [1.165, 1.54) is 44.2 Å². The molecule has 2 heterocycles. The van der Waals surface area contributed by atoms with E-state index in [1.54, 1.807) is 24.1 Å². The van der Waals surface area contributed by atoms with Crippen LogP contribution in [0, 0.1) is 0 Å². The van der Waals surface area contributed by atoms with E-state index in [1.807, 2.05) is 12.1 Å². The molecule has 2 unspecified atom stereocenters. The number of likely N-dealkylation sites (N-methyl/N-ethyl adjacent to an activating group) is 1. The van der Waals surface area contributed by atoms with Crippen LogP contribution in [0.4, 0.5) is 13.2 Å². The predicted octanol–water partition coefficient (Wildman–Crippen LogP) is 4.96. The monoisotopic (exact) mass is 640 g/mol. The van der Waals surface area contributed by atoms with Crippen molar-refractivity contribution in [2.24, 2.45) is 0 Å². The number of hydrogen-bond donors (Lipinski definition) is 0. The maximum atomic E-state index is 13.6. The molecule has 1 saturated carbocycles. The lowest BCUT2D eigenvalue weighted by molar-refractivity contribution is -0.274. The highest BCUT2D eigenvalue weighted by Gasteiger charge is 2.75. The van der Waals surface area contributed by atoms with Crippen molar-refractivity contribution >= 4 is 23.9 Å². The minimum absolute atomic E-state index is 0.180. The quantitative estimate of drug-likeness (QED) is 0.173. The average Bonchev–Trinajstić information content (AvgIpc) is 3.32. The van der Waals surface area contributed by atoms with E-state index >= 15 is 0 Å². The van der Waals surface area contributed by atoms with Crippen molar-refractivity contribution in [3.8, 4) is 17.2 Å². The number of nitrogens with zero attached hydrogens (tertiary/aromatic N) is 2. The standard InChI is InChI=1S/C34H35F3N2O7/c1-5-16-39-17-15-32-29-23-10-11-26(43-20(2)40)30(29)44-31(32)25(13-14-33(32,27(39)19-23)45-21(3)41)38(4)28(42)12-9-22-7-6-8-24(18-22)46-34(35,36)37/h5-12,18,25,27,31H,1,13-17,19H2,2-4H3/b12-9+/t25?,27-,31?,32+,33-/m1/s1. The SMILES string of the molecule is C=CCN1CC[C@]23c4c5ccc(OC(C)=O)c4OC2C(N(C)C(=O)/C=C/c2cccc(OC(F)(F)F)c2)CC[C@@]3(OC(C)=O)[C@H]1C5. The number of amides is 1. The first-order chi connectivity index (χ1) is 21.8. The number of benzene rings is 2. The number of ether oxygens (including phenoxy) is 4. The molecular weight excluding hydrogens is 605 g/mol. The topological polar surface area (TPSA) is 94.6 Å². The van der Waals surface area contributed by atoms with E-state index in [0.29, 0.717) is 50.1 Å². The third kappa shape index (κ3) is 5.12. The Morgan fingerprint density at radius 1 is 1.15 bits per heavy atom. The minimum atomic E-state index is -4.84. The van der Waals surface area contributed by atoms with E-state index in [-0.39, 0.29) is 17.7 Å². The first-order valence-corrected chi connectivity index (χ1v) is 15.2. The van der Waals surface area contributed by atoms with E-state index in [9.17, 15) is 27.6 Å². The lowest BCUT2D eigenvalue weighted by Crippen LogP contribution is -2.79. The summed E-state index contributed by atoms with van der Waals surface area (Å²) in [7, 11) is 1.66. The zero-order valence-corrected chi connectivity index (χ0v) is 25.8. The zero-order valence-electron chi connectivity index (χ0n) is 25.8. The van der Waals surface area contributed by atoms with Crippen molar-refractivity contribution in [3.63, 3.8) is 0 Å². The second-order valence-electron chi connectivity index (χ2n) is 12.3. The number of halogens is 3. The van der Waals surface area contributed by atoms with Gasteiger partial charge in [0.25, 0.3) is 0 Å². The summed E-state index contributed by atoms with van der Waals surface area (Å²) in [6.45, 7) is 7.92. The summed E-state index contributed by atoms with van der Waals surface area (Å²) in [5.41, 5.74) is 0.391. The molecule has 2 aliphatic carbocycles. The van der Waals surface area contributed by atoms with Crippen molar-refractivity contribution in [1.82, 2.24) is 9.80 Å². The predicted molar refractivity (Wildman–Crippen MR) is 160 cm³/mol. The van der Waals surface area contributed by atoms with Crippen LogP contribution in [0.25, 0.3) is 6.08 Å². The van der Waals surface area contributed by atoms with Gasteiger partial charge in [-0.3, -0.25) is 19.3 Å². The molecule has 4 aliphatic rings. The molecule has 2 fully saturated rings. The van der Waals surface area contributed by atoms with Gasteiger partial charge in [-0.2, -0.15) is 0 Å². The minimum Gasteiger partial charge on any atom is -0.483 e. The number of alkyl halides is 3. The molecule has 6 rings (SSSR count). The number of hydrogen-bond acceptors (Lipinski definition) is 8. The van der Waals surface area contributed by atoms with Crippen LogP contribution in [0.1, 0.15) is 49.8 Å². The summed E-state index contributed by atoms with van der Waals surface area (Å²) in [5, 5.41) is 0. The van der Waals surface area contributed by atoms with Gasteiger partial charge in [-0.05, 0) is 61.1 Å². The largest absolute Gasteiger partial charge is 0.573 e. The highest BCUT2D eigenvalue weighted by molar-refractivity contribution is 5.92. The normalized spacial score (nSPS) is 27.7. The van der Waals surface area contributed by atoms with Crippen molar-refractivity contribution in [2.75, 3.05) is 20.1 Å². The molecule has 2 bridgehead atoms. The Labute approximate surface area is 264 Å². The summed E-state index contributed by atoms with van der Waals surface area (Å²) in [4.78, 5) is 42.4. The molecule has 0 radical (unpaired) electrons. The van der Waals surface area contributed by atoms with Crippen LogP contribution in [-0.4, -0.2) is 77.9 Å². The fraction of sp³-hybridized carbons (Fsp3) is 0.441. The number of piperidine rings is 1. The molecular formula is C34H35F3N2O7. The van der Waals surface area contributed by atoms with E-state index in [4.69, 9.17) is 14.2 Å². The number of rotatable bonds is 8. The van der Waals surface area contributed by atoms with Crippen LogP contribution < -0.4 is 14.2 Å². The maximum Gasteiger partial charge on any atom is 0.573 e. The Hall–Kier alpha value is -4.32. The third-order valence-electron chi connectivity index (χ3n) is 9.78. The first kappa shape index (κ1) is 31.7. The summed E-state index contributed by atoms with van der Waals surface area (Å²) in [6.07, 6.45) is 1.10. The fourth-order valence-corrected chi connectivity index (χ4v) is 8.31. The van der Waals surface area contributed by atoms with Crippen molar-refractivity contribution in [1.29, 1.82) is 0 Å². The molecule has 12 heteroatoms. The molecule has 1 spiro atoms. The second-order valence-corrected chi connectivity index (χ2v) is 12.3. The van der Waals surface area contributed by atoms with Crippen LogP contribution in [0.5, 0.6) is 17.2 Å². The van der Waals surface area contributed by atoms with Gasteiger partial charge in [0.05, 0.1) is 17.5 Å². The van der Waals surface area contributed by atoms with Crippen molar-refractivity contribution in [3.05, 3.63) is 71.8 Å². The molecule has 0 aromatic heterocycles. The highest BCUT2D eigenvalue weighted by Crippen LogP contribution is 2.67. The lowest BCUT2D eigenvalue weighted by atomic mass is 9.48. The van der Waals surface area contributed by atoms with Gasteiger partial charge in [-0.25, -0.2) is 0 Å². The number of esters is 2. The van der Waals surface area contributed by atoms with E-state index in [0.717, 1.165) is 11.1 Å². The molecule has 5 atom stereocenters. The Balaban J connectivity index is 1.39. The van der Waals surface area contributed by atoms with Crippen LogP contribution >= 0.6 is 0 Å². The lowest BCUT2D eigenvalue weighted by Gasteiger charge is -2.65. The van der Waals surface area contributed by atoms with Gasteiger partial charge in [0.15, 0.2) is 11.5 Å². The third-order valence-corrected chi connectivity index (χ3v) is 9.78. The van der Waals surface area contributed by atoms with E-state index < -0.39 is 47.2 Å². The van der Waals surface area contributed by atoms with Crippen LogP contribution in [0.2, 0.25) is 0 Å². The smallest absolute Gasteiger partial charge is 0.483 e. The van der Waals surface area contributed by atoms with E-state index in [2.05, 4.69) is 16.2 Å². The fourth-order valence-electron chi connectivity index (χ4n) is 8.31. The van der Waals surface area contributed by atoms with Gasteiger partial charge in [-0.15, -0.1) is 19.8 Å². The summed E-state index contributed by atoms with van der Waals surface area (Å²) in [5.74, 6) is -1.01. The van der Waals surface area contributed by atoms with Crippen molar-refractivity contribution in [2.45, 2.75) is 75.1 Å². The first-order valence-electron chi connectivity index (χ1n) is 15.2. The summed E-state index contributed by atoms with van der Waals surface area (Å²) < 4.78 is 61.0. The highest BCUT2D eigenvalue weighted by atomic mass is 19.4. The van der Waals surface area contributed by atoms with Gasteiger partial charge >= 0.3 is 18.3 Å². The van der Waals surface area contributed by atoms with Gasteiger partial charge in [0.2, 0.25) is 5.91 Å². The number of carbonyl (C=O) groups is 3. The molecule has 9 nitrogen and oxygen atoms in total. The summed E-state index contributed by atoms with van der Waals surface area (Å²) >= 11 is 0. The maximum absolute atomic E-state index is 13.6. The Bertz CT molecular complexity index is 1620. The average molecular weight is 641 g/mol. The van der Waals surface area contributed by atoms with Crippen molar-refractivity contribution < 1.29 is 46.5 Å². The Morgan fingerprint density at radius 3 is 2.63 bits per heavy atom. The molecule has 46 heavy (non-hydrogen) atoms. The molecule has 244 valence electrons. The Kier molecular flexibility index (Phi) is 7.90. The molecule has 1 amide bonds. The van der Waals surface area contributed by atoms with Gasteiger partial charge in [0.1, 0.15) is 17.5 Å². The Morgan fingerprint density at radius 2 is 1.93 bits per heavy atom.